The van der Waals surface area contributed by atoms with Crippen LogP contribution in [0.3, 0.4) is 0 Å². The lowest BCUT2D eigenvalue weighted by Gasteiger charge is -2.25. The van der Waals surface area contributed by atoms with Gasteiger partial charge in [0.2, 0.25) is 5.91 Å². The molecule has 17 heavy (non-hydrogen) atoms. The van der Waals surface area contributed by atoms with E-state index in [1.165, 1.54) is 0 Å². The summed E-state index contributed by atoms with van der Waals surface area (Å²) >= 11 is 0. The Balaban J connectivity index is 3.86. The van der Waals surface area contributed by atoms with Crippen LogP contribution in [0.2, 0.25) is 0 Å². The number of carbonyl (C=O) groups excluding carboxylic acids is 1. The second-order valence-corrected chi connectivity index (χ2v) is 4.38. The van der Waals surface area contributed by atoms with Crippen molar-refractivity contribution in [1.29, 1.82) is 0 Å². The molecule has 5 heteroatoms. The minimum absolute atomic E-state index is 0.0701. The van der Waals surface area contributed by atoms with Gasteiger partial charge in [-0.2, -0.15) is 0 Å². The first-order valence-electron chi connectivity index (χ1n) is 6.31. The minimum atomic E-state index is -0.134. The Hall–Kier alpha value is -0.650. The summed E-state index contributed by atoms with van der Waals surface area (Å²) in [6, 6.07) is 0.0947. The highest BCUT2D eigenvalue weighted by Crippen LogP contribution is 1.97. The summed E-state index contributed by atoms with van der Waals surface area (Å²) < 4.78 is 5.29. The SMILES string of the molecule is CCC(C)NC(=O)C(C)N(C)CCOCCN. The highest BCUT2D eigenvalue weighted by molar-refractivity contribution is 5.81. The van der Waals surface area contributed by atoms with Gasteiger partial charge in [0.1, 0.15) is 0 Å². The fourth-order valence-corrected chi connectivity index (χ4v) is 1.25. The van der Waals surface area contributed by atoms with Gasteiger partial charge in [-0.25, -0.2) is 0 Å². The average molecular weight is 245 g/mol. The lowest BCUT2D eigenvalue weighted by Crippen LogP contribution is -2.46. The Morgan fingerprint density at radius 2 is 2.06 bits per heavy atom. The van der Waals surface area contributed by atoms with Crippen LogP contribution in [0.1, 0.15) is 27.2 Å². The van der Waals surface area contributed by atoms with Gasteiger partial charge in [0, 0.05) is 19.1 Å². The number of likely N-dealkylation sites (N-methyl/N-ethyl adjacent to an activating group) is 1. The van der Waals surface area contributed by atoms with Crippen molar-refractivity contribution in [3.05, 3.63) is 0 Å². The Morgan fingerprint density at radius 1 is 1.41 bits per heavy atom. The Labute approximate surface area is 105 Å². The fourth-order valence-electron chi connectivity index (χ4n) is 1.25. The number of hydrogen-bond donors (Lipinski definition) is 2. The summed E-state index contributed by atoms with van der Waals surface area (Å²) in [7, 11) is 1.92. The maximum absolute atomic E-state index is 11.8. The fraction of sp³-hybridized carbons (Fsp3) is 0.917. The lowest BCUT2D eigenvalue weighted by molar-refractivity contribution is -0.126. The third kappa shape index (κ3) is 7.31. The smallest absolute Gasteiger partial charge is 0.237 e. The average Bonchev–Trinajstić information content (AvgIpc) is 2.33. The van der Waals surface area contributed by atoms with E-state index in [4.69, 9.17) is 10.5 Å². The minimum Gasteiger partial charge on any atom is -0.379 e. The molecule has 0 aromatic rings. The molecule has 0 spiro atoms. The van der Waals surface area contributed by atoms with Gasteiger partial charge in [0.05, 0.1) is 19.3 Å². The van der Waals surface area contributed by atoms with Crippen molar-refractivity contribution in [2.24, 2.45) is 5.73 Å². The molecular weight excluding hydrogens is 218 g/mol. The molecule has 0 aliphatic carbocycles. The number of amides is 1. The quantitative estimate of drug-likeness (QED) is 0.569. The van der Waals surface area contributed by atoms with Gasteiger partial charge in [-0.05, 0) is 27.3 Å². The molecule has 2 atom stereocenters. The Morgan fingerprint density at radius 3 is 2.59 bits per heavy atom. The van der Waals surface area contributed by atoms with Gasteiger partial charge < -0.3 is 15.8 Å². The predicted molar refractivity (Wildman–Crippen MR) is 69.9 cm³/mol. The topological polar surface area (TPSA) is 67.6 Å². The number of rotatable bonds is 9. The van der Waals surface area contributed by atoms with Crippen LogP contribution in [0.4, 0.5) is 0 Å². The monoisotopic (exact) mass is 245 g/mol. The van der Waals surface area contributed by atoms with Gasteiger partial charge in [-0.3, -0.25) is 9.69 Å². The molecule has 0 aromatic carbocycles. The molecule has 0 aliphatic heterocycles. The zero-order chi connectivity index (χ0) is 13.3. The third-order valence-corrected chi connectivity index (χ3v) is 2.89. The van der Waals surface area contributed by atoms with E-state index in [9.17, 15) is 4.79 Å². The first-order valence-corrected chi connectivity index (χ1v) is 6.31. The normalized spacial score (nSPS) is 14.7. The molecule has 0 fully saturated rings. The van der Waals surface area contributed by atoms with Crippen molar-refractivity contribution < 1.29 is 9.53 Å². The molecule has 3 N–H and O–H groups in total. The summed E-state index contributed by atoms with van der Waals surface area (Å²) in [5.41, 5.74) is 5.32. The number of nitrogens with zero attached hydrogens (tertiary/aromatic N) is 1. The Bertz CT molecular complexity index is 212. The van der Waals surface area contributed by atoms with Crippen LogP contribution >= 0.6 is 0 Å². The van der Waals surface area contributed by atoms with Crippen molar-refractivity contribution in [3.8, 4) is 0 Å². The zero-order valence-electron chi connectivity index (χ0n) is 11.5. The molecular formula is C12H27N3O2. The second-order valence-electron chi connectivity index (χ2n) is 4.38. The number of nitrogens with one attached hydrogen (secondary N) is 1. The maximum atomic E-state index is 11.8. The highest BCUT2D eigenvalue weighted by Gasteiger charge is 2.18. The summed E-state index contributed by atoms with van der Waals surface area (Å²) in [5.74, 6) is 0.0701. The molecule has 0 saturated heterocycles. The van der Waals surface area contributed by atoms with Crippen LogP contribution in [0.5, 0.6) is 0 Å². The van der Waals surface area contributed by atoms with E-state index in [0.717, 1.165) is 13.0 Å². The molecule has 0 bridgehead atoms. The van der Waals surface area contributed by atoms with E-state index in [1.54, 1.807) is 0 Å². The first-order chi connectivity index (χ1) is 8.02. The molecule has 102 valence electrons. The standard InChI is InChI=1S/C12H27N3O2/c1-5-10(2)14-12(16)11(3)15(4)7-9-17-8-6-13/h10-11H,5-9,13H2,1-4H3,(H,14,16). The van der Waals surface area contributed by atoms with Crippen molar-refractivity contribution >= 4 is 5.91 Å². The van der Waals surface area contributed by atoms with Crippen LogP contribution in [0.25, 0.3) is 0 Å². The molecule has 2 unspecified atom stereocenters. The van der Waals surface area contributed by atoms with Crippen molar-refractivity contribution in [1.82, 2.24) is 10.2 Å². The van der Waals surface area contributed by atoms with Crippen molar-refractivity contribution in [2.45, 2.75) is 39.3 Å². The molecule has 0 heterocycles. The number of carbonyl (C=O) groups is 1. The molecule has 0 rings (SSSR count). The molecule has 0 aromatic heterocycles. The molecule has 0 aliphatic rings. The number of nitrogens with two attached hydrogens (primary N) is 1. The molecule has 1 amide bonds. The Kier molecular flexibility index (Phi) is 9.03. The van der Waals surface area contributed by atoms with Gasteiger partial charge in [0.25, 0.3) is 0 Å². The van der Waals surface area contributed by atoms with Gasteiger partial charge in [-0.1, -0.05) is 6.92 Å². The van der Waals surface area contributed by atoms with E-state index in [2.05, 4.69) is 12.2 Å². The second kappa shape index (κ2) is 9.39. The number of hydrogen-bond acceptors (Lipinski definition) is 4. The van der Waals surface area contributed by atoms with Gasteiger partial charge in [-0.15, -0.1) is 0 Å². The van der Waals surface area contributed by atoms with E-state index in [-0.39, 0.29) is 18.0 Å². The van der Waals surface area contributed by atoms with Crippen LogP contribution < -0.4 is 11.1 Å². The molecule has 0 saturated carbocycles. The molecule has 0 radical (unpaired) electrons. The van der Waals surface area contributed by atoms with E-state index >= 15 is 0 Å². The largest absolute Gasteiger partial charge is 0.379 e. The van der Waals surface area contributed by atoms with Crippen LogP contribution in [-0.2, 0) is 9.53 Å². The van der Waals surface area contributed by atoms with E-state index in [1.807, 2.05) is 25.8 Å². The lowest BCUT2D eigenvalue weighted by atomic mass is 10.2. The maximum Gasteiger partial charge on any atom is 0.237 e. The zero-order valence-corrected chi connectivity index (χ0v) is 11.5. The third-order valence-electron chi connectivity index (χ3n) is 2.89. The summed E-state index contributed by atoms with van der Waals surface area (Å²) in [4.78, 5) is 13.8. The summed E-state index contributed by atoms with van der Waals surface area (Å²) in [6.07, 6.45) is 0.946. The van der Waals surface area contributed by atoms with E-state index < -0.39 is 0 Å². The number of ether oxygens (including phenoxy) is 1. The van der Waals surface area contributed by atoms with Crippen molar-refractivity contribution in [3.63, 3.8) is 0 Å². The summed E-state index contributed by atoms with van der Waals surface area (Å²) in [5, 5.41) is 2.97. The predicted octanol–water partition coefficient (Wildman–Crippen LogP) is 0.197. The van der Waals surface area contributed by atoms with Crippen LogP contribution in [0, 0.1) is 0 Å². The highest BCUT2D eigenvalue weighted by atomic mass is 16.5. The molecule has 5 nitrogen and oxygen atoms in total. The van der Waals surface area contributed by atoms with Gasteiger partial charge in [0.15, 0.2) is 0 Å². The first kappa shape index (κ1) is 16.4. The van der Waals surface area contributed by atoms with Crippen LogP contribution in [-0.4, -0.2) is 56.2 Å². The van der Waals surface area contributed by atoms with Crippen LogP contribution in [0.15, 0.2) is 0 Å². The van der Waals surface area contributed by atoms with Crippen molar-refractivity contribution in [2.75, 3.05) is 33.4 Å². The van der Waals surface area contributed by atoms with Gasteiger partial charge >= 0.3 is 0 Å². The van der Waals surface area contributed by atoms with E-state index in [0.29, 0.717) is 19.8 Å². The summed E-state index contributed by atoms with van der Waals surface area (Å²) in [6.45, 7) is 8.41.